The van der Waals surface area contributed by atoms with Crippen molar-refractivity contribution < 1.29 is 0 Å². The molecule has 0 unspecified atom stereocenters. The van der Waals surface area contributed by atoms with Gasteiger partial charge in [0.05, 0.1) is 27.7 Å². The highest BCUT2D eigenvalue weighted by Gasteiger charge is 2.15. The first-order chi connectivity index (χ1) is 11.5. The van der Waals surface area contributed by atoms with Crippen molar-refractivity contribution in [2.75, 3.05) is 0 Å². The quantitative estimate of drug-likeness (QED) is 0.662. The number of aliphatic imine (C=N–C) groups is 1. The van der Waals surface area contributed by atoms with Crippen molar-refractivity contribution in [1.82, 2.24) is 9.78 Å². The topological polar surface area (TPSA) is 50.1 Å². The van der Waals surface area contributed by atoms with E-state index in [9.17, 15) is 4.79 Å². The fraction of sp³-hybridized carbons (Fsp3) is 0.111. The number of aromatic nitrogens is 2. The lowest BCUT2D eigenvalue weighted by Crippen LogP contribution is -2.19. The first-order valence-corrected chi connectivity index (χ1v) is 8.10. The van der Waals surface area contributed by atoms with E-state index < -0.39 is 0 Å². The molecule has 0 fully saturated rings. The normalized spacial score (nSPS) is 11.8. The predicted molar refractivity (Wildman–Crippen MR) is 99.5 cm³/mol. The summed E-state index contributed by atoms with van der Waals surface area (Å²) in [5.74, 6) is 0. The second-order valence-electron chi connectivity index (χ2n) is 5.38. The van der Waals surface area contributed by atoms with Gasteiger partial charge in [-0.25, -0.2) is 4.68 Å². The van der Waals surface area contributed by atoms with Gasteiger partial charge in [-0.15, -0.1) is 0 Å². The molecule has 24 heavy (non-hydrogen) atoms. The van der Waals surface area contributed by atoms with Crippen molar-refractivity contribution in [3.8, 4) is 5.69 Å². The highest BCUT2D eigenvalue weighted by atomic mass is 35.5. The lowest BCUT2D eigenvalue weighted by molar-refractivity contribution is 0.835. The molecule has 0 bridgehead atoms. The Morgan fingerprint density at radius 3 is 2.50 bits per heavy atom. The Morgan fingerprint density at radius 2 is 1.83 bits per heavy atom. The minimum Gasteiger partial charge on any atom is -0.295 e. The summed E-state index contributed by atoms with van der Waals surface area (Å²) < 4.78 is 1.51. The summed E-state index contributed by atoms with van der Waals surface area (Å²) >= 11 is 12.1. The molecule has 0 aliphatic rings. The number of aryl methyl sites for hydroxylation is 1. The molecular weight excluding hydrogens is 345 g/mol. The van der Waals surface area contributed by atoms with E-state index in [4.69, 9.17) is 23.2 Å². The number of hydrogen-bond acceptors (Lipinski definition) is 2. The Kier molecular flexibility index (Phi) is 4.60. The van der Waals surface area contributed by atoms with Gasteiger partial charge in [-0.1, -0.05) is 41.4 Å². The zero-order valence-electron chi connectivity index (χ0n) is 13.2. The number of halogens is 2. The van der Waals surface area contributed by atoms with Gasteiger partial charge < -0.3 is 0 Å². The van der Waals surface area contributed by atoms with Crippen LogP contribution >= 0.6 is 23.2 Å². The molecule has 0 atom stereocenters. The van der Waals surface area contributed by atoms with E-state index in [2.05, 4.69) is 10.1 Å². The fourth-order valence-electron chi connectivity index (χ4n) is 2.54. The number of nitrogens with one attached hydrogen (secondary N) is 1. The number of para-hydroxylation sites is 1. The summed E-state index contributed by atoms with van der Waals surface area (Å²) in [6, 6.07) is 14.5. The maximum absolute atomic E-state index is 12.8. The molecule has 1 N–H and O–H groups in total. The molecule has 4 nitrogen and oxygen atoms in total. The van der Waals surface area contributed by atoms with Gasteiger partial charge in [-0.05, 0) is 44.2 Å². The third-order valence-corrected chi connectivity index (χ3v) is 4.18. The SMILES string of the molecule is CC(=Nc1ccc(Cl)cc1Cl)c1c(C)[nH]n(-c2ccccc2)c1=O. The molecule has 0 aliphatic carbocycles. The van der Waals surface area contributed by atoms with E-state index in [1.54, 1.807) is 25.1 Å². The van der Waals surface area contributed by atoms with Crippen LogP contribution in [0.5, 0.6) is 0 Å². The molecule has 6 heteroatoms. The van der Waals surface area contributed by atoms with Gasteiger partial charge in [0, 0.05) is 10.7 Å². The summed E-state index contributed by atoms with van der Waals surface area (Å²) in [4.78, 5) is 17.2. The van der Waals surface area contributed by atoms with Crippen LogP contribution < -0.4 is 5.56 Å². The molecule has 1 aromatic heterocycles. The molecule has 0 saturated heterocycles. The largest absolute Gasteiger partial charge is 0.295 e. The number of rotatable bonds is 3. The number of hydrogen-bond donors (Lipinski definition) is 1. The maximum atomic E-state index is 12.8. The Labute approximate surface area is 149 Å². The fourth-order valence-corrected chi connectivity index (χ4v) is 2.99. The Hall–Kier alpha value is -2.30. The second kappa shape index (κ2) is 6.67. The zero-order valence-corrected chi connectivity index (χ0v) is 14.7. The third kappa shape index (κ3) is 3.16. The summed E-state index contributed by atoms with van der Waals surface area (Å²) in [5.41, 5.74) is 3.07. The second-order valence-corrected chi connectivity index (χ2v) is 6.22. The first kappa shape index (κ1) is 16.6. The Bertz CT molecular complexity index is 972. The molecule has 0 aliphatic heterocycles. The van der Waals surface area contributed by atoms with Crippen molar-refractivity contribution in [3.05, 3.63) is 80.2 Å². The minimum atomic E-state index is -0.148. The van der Waals surface area contributed by atoms with E-state index in [1.807, 2.05) is 37.3 Å². The zero-order chi connectivity index (χ0) is 17.3. The van der Waals surface area contributed by atoms with Crippen LogP contribution in [-0.4, -0.2) is 15.5 Å². The summed E-state index contributed by atoms with van der Waals surface area (Å²) in [5, 5.41) is 4.07. The molecule has 3 aromatic rings. The van der Waals surface area contributed by atoms with Crippen molar-refractivity contribution in [1.29, 1.82) is 0 Å². The van der Waals surface area contributed by atoms with Crippen LogP contribution in [0.4, 0.5) is 5.69 Å². The molecule has 1 heterocycles. The van der Waals surface area contributed by atoms with Crippen molar-refractivity contribution in [2.24, 2.45) is 4.99 Å². The summed E-state index contributed by atoms with van der Waals surface area (Å²) in [6.07, 6.45) is 0. The Balaban J connectivity index is 2.08. The van der Waals surface area contributed by atoms with Crippen LogP contribution in [0.2, 0.25) is 10.0 Å². The van der Waals surface area contributed by atoms with Crippen LogP contribution in [0.25, 0.3) is 5.69 Å². The lowest BCUT2D eigenvalue weighted by atomic mass is 10.1. The number of H-pyrrole nitrogens is 1. The maximum Gasteiger partial charge on any atom is 0.280 e. The number of nitrogens with zero attached hydrogens (tertiary/aromatic N) is 2. The summed E-state index contributed by atoms with van der Waals surface area (Å²) in [7, 11) is 0. The molecule has 0 saturated carbocycles. The van der Waals surface area contributed by atoms with Crippen LogP contribution in [0, 0.1) is 6.92 Å². The Morgan fingerprint density at radius 1 is 1.12 bits per heavy atom. The van der Waals surface area contributed by atoms with E-state index in [-0.39, 0.29) is 5.56 Å². The predicted octanol–water partition coefficient (Wildman–Crippen LogP) is 4.92. The van der Waals surface area contributed by atoms with Gasteiger partial charge >= 0.3 is 0 Å². The monoisotopic (exact) mass is 359 g/mol. The van der Waals surface area contributed by atoms with Crippen LogP contribution in [-0.2, 0) is 0 Å². The molecule has 0 amide bonds. The first-order valence-electron chi connectivity index (χ1n) is 7.35. The average Bonchev–Trinajstić information content (AvgIpc) is 2.85. The third-order valence-electron chi connectivity index (χ3n) is 3.65. The van der Waals surface area contributed by atoms with E-state index in [0.717, 1.165) is 11.4 Å². The van der Waals surface area contributed by atoms with Gasteiger partial charge in [0.25, 0.3) is 5.56 Å². The van der Waals surface area contributed by atoms with E-state index in [0.29, 0.717) is 27.0 Å². The van der Waals surface area contributed by atoms with Crippen LogP contribution in [0.1, 0.15) is 18.2 Å². The lowest BCUT2D eigenvalue weighted by Gasteiger charge is -2.02. The molecule has 3 rings (SSSR count). The van der Waals surface area contributed by atoms with Crippen molar-refractivity contribution in [2.45, 2.75) is 13.8 Å². The van der Waals surface area contributed by atoms with Gasteiger partial charge in [0.2, 0.25) is 0 Å². The summed E-state index contributed by atoms with van der Waals surface area (Å²) in [6.45, 7) is 3.64. The van der Waals surface area contributed by atoms with Gasteiger partial charge in [0.1, 0.15) is 0 Å². The van der Waals surface area contributed by atoms with Gasteiger partial charge in [0.15, 0.2) is 0 Å². The number of aromatic amines is 1. The van der Waals surface area contributed by atoms with E-state index in [1.165, 1.54) is 4.68 Å². The molecule has 0 radical (unpaired) electrons. The average molecular weight is 360 g/mol. The van der Waals surface area contributed by atoms with Crippen molar-refractivity contribution >= 4 is 34.6 Å². The molecule has 0 spiro atoms. The minimum absolute atomic E-state index is 0.148. The van der Waals surface area contributed by atoms with Crippen LogP contribution in [0.15, 0.2) is 58.3 Å². The smallest absolute Gasteiger partial charge is 0.280 e. The molecule has 2 aromatic carbocycles. The van der Waals surface area contributed by atoms with Crippen LogP contribution in [0.3, 0.4) is 0 Å². The molecular formula is C18H15Cl2N3O. The van der Waals surface area contributed by atoms with Gasteiger partial charge in [-0.3, -0.25) is 14.9 Å². The molecule has 122 valence electrons. The highest BCUT2D eigenvalue weighted by Crippen LogP contribution is 2.28. The highest BCUT2D eigenvalue weighted by molar-refractivity contribution is 6.36. The van der Waals surface area contributed by atoms with Gasteiger partial charge in [-0.2, -0.15) is 0 Å². The standard InChI is InChI=1S/C18H15Cl2N3O/c1-11(21-16-9-8-13(19)10-15(16)20)17-12(2)22-23(18(17)24)14-6-4-3-5-7-14/h3-10,22H,1-2H3. The van der Waals surface area contributed by atoms with Crippen molar-refractivity contribution in [3.63, 3.8) is 0 Å². The van der Waals surface area contributed by atoms with E-state index >= 15 is 0 Å². The number of benzene rings is 2.